The van der Waals surface area contributed by atoms with E-state index in [1.165, 1.54) is 42.5 Å². The summed E-state index contributed by atoms with van der Waals surface area (Å²) >= 11 is 0. The zero-order valence-corrected chi connectivity index (χ0v) is 12.8. The van der Waals surface area contributed by atoms with E-state index in [1.54, 1.807) is 6.07 Å². The number of nitrogen functional groups attached to an aromatic ring is 2. The SMILES string of the molecule is Nc1ccc(S(=O)(=O)O)cc1.Nc1ccccc1S(=O)(=O)O. The Labute approximate surface area is 127 Å². The molecule has 0 fully saturated rings. The van der Waals surface area contributed by atoms with Crippen LogP contribution in [-0.2, 0) is 20.2 Å². The fourth-order valence-corrected chi connectivity index (χ4v) is 2.45. The summed E-state index contributed by atoms with van der Waals surface area (Å²) < 4.78 is 59.0. The molecule has 0 aliphatic rings. The maximum Gasteiger partial charge on any atom is 0.296 e. The number of hydrogen-bond acceptors (Lipinski definition) is 6. The van der Waals surface area contributed by atoms with Crippen LogP contribution < -0.4 is 11.5 Å². The van der Waals surface area contributed by atoms with Crippen LogP contribution in [0.2, 0.25) is 0 Å². The summed E-state index contributed by atoms with van der Waals surface area (Å²) in [6, 6.07) is 11.0. The normalized spacial score (nSPS) is 11.4. The highest BCUT2D eigenvalue weighted by molar-refractivity contribution is 7.86. The van der Waals surface area contributed by atoms with E-state index in [9.17, 15) is 16.8 Å². The Hall–Kier alpha value is -2.14. The van der Waals surface area contributed by atoms with Gasteiger partial charge in [0.2, 0.25) is 0 Å². The Bertz CT molecular complexity index is 845. The average Bonchev–Trinajstić information content (AvgIpc) is 2.38. The Balaban J connectivity index is 0.000000220. The van der Waals surface area contributed by atoms with Crippen LogP contribution in [0.15, 0.2) is 58.3 Å². The third-order valence-corrected chi connectivity index (χ3v) is 4.17. The Morgan fingerprint density at radius 3 is 1.59 bits per heavy atom. The Morgan fingerprint density at radius 2 is 1.23 bits per heavy atom. The monoisotopic (exact) mass is 346 g/mol. The highest BCUT2D eigenvalue weighted by Gasteiger charge is 2.11. The van der Waals surface area contributed by atoms with Crippen LogP contribution >= 0.6 is 0 Å². The van der Waals surface area contributed by atoms with Crippen molar-refractivity contribution in [2.75, 3.05) is 11.5 Å². The molecule has 0 unspecified atom stereocenters. The second-order valence-corrected chi connectivity index (χ2v) is 6.87. The van der Waals surface area contributed by atoms with Gasteiger partial charge in [-0.3, -0.25) is 9.11 Å². The van der Waals surface area contributed by atoms with Crippen molar-refractivity contribution >= 4 is 31.6 Å². The summed E-state index contributed by atoms with van der Waals surface area (Å²) in [4.78, 5) is -0.397. The molecule has 0 saturated heterocycles. The predicted molar refractivity (Wildman–Crippen MR) is 81.3 cm³/mol. The molecule has 0 spiro atoms. The lowest BCUT2D eigenvalue weighted by molar-refractivity contribution is 0.481. The molecule has 10 heteroatoms. The van der Waals surface area contributed by atoms with Gasteiger partial charge in [-0.05, 0) is 36.4 Å². The van der Waals surface area contributed by atoms with Crippen molar-refractivity contribution in [2.24, 2.45) is 0 Å². The van der Waals surface area contributed by atoms with Crippen molar-refractivity contribution in [1.29, 1.82) is 0 Å². The van der Waals surface area contributed by atoms with Crippen molar-refractivity contribution in [2.45, 2.75) is 9.79 Å². The van der Waals surface area contributed by atoms with Gasteiger partial charge in [-0.2, -0.15) is 16.8 Å². The molecule has 0 atom stereocenters. The molecule has 120 valence electrons. The summed E-state index contributed by atoms with van der Waals surface area (Å²) in [6.45, 7) is 0. The van der Waals surface area contributed by atoms with E-state index in [0.717, 1.165) is 0 Å². The molecule has 2 aromatic rings. The van der Waals surface area contributed by atoms with Gasteiger partial charge < -0.3 is 11.5 Å². The lowest BCUT2D eigenvalue weighted by Crippen LogP contribution is -2.01. The molecule has 0 bridgehead atoms. The van der Waals surface area contributed by atoms with Crippen LogP contribution in [0.25, 0.3) is 0 Å². The predicted octanol–water partition coefficient (Wildman–Crippen LogP) is 1.03. The molecule has 0 heterocycles. The molecule has 22 heavy (non-hydrogen) atoms. The molecular formula is C12H14N2O6S2. The highest BCUT2D eigenvalue weighted by Crippen LogP contribution is 2.15. The van der Waals surface area contributed by atoms with Crippen LogP contribution in [0.3, 0.4) is 0 Å². The minimum Gasteiger partial charge on any atom is -0.399 e. The number of para-hydroxylation sites is 1. The summed E-state index contributed by atoms with van der Waals surface area (Å²) in [7, 11) is -8.23. The molecule has 0 saturated carbocycles. The first-order valence-corrected chi connectivity index (χ1v) is 8.55. The zero-order chi connectivity index (χ0) is 17.0. The molecule has 2 aromatic carbocycles. The first kappa shape index (κ1) is 17.9. The largest absolute Gasteiger partial charge is 0.399 e. The minimum atomic E-state index is -4.16. The van der Waals surface area contributed by atoms with Gasteiger partial charge >= 0.3 is 0 Å². The maximum absolute atomic E-state index is 10.5. The summed E-state index contributed by atoms with van der Waals surface area (Å²) in [5, 5.41) is 0. The van der Waals surface area contributed by atoms with E-state index >= 15 is 0 Å². The Morgan fingerprint density at radius 1 is 0.727 bits per heavy atom. The maximum atomic E-state index is 10.5. The second-order valence-electron chi connectivity index (χ2n) is 4.06. The molecule has 0 radical (unpaired) electrons. The molecular weight excluding hydrogens is 332 g/mol. The number of anilines is 2. The van der Waals surface area contributed by atoms with E-state index in [0.29, 0.717) is 5.69 Å². The smallest absolute Gasteiger partial charge is 0.296 e. The zero-order valence-electron chi connectivity index (χ0n) is 11.1. The number of nitrogens with two attached hydrogens (primary N) is 2. The Kier molecular flexibility index (Phi) is 5.49. The first-order chi connectivity index (χ1) is 10.0. The number of hydrogen-bond donors (Lipinski definition) is 4. The number of benzene rings is 2. The van der Waals surface area contributed by atoms with Gasteiger partial charge in [0.1, 0.15) is 4.90 Å². The molecule has 0 amide bonds. The average molecular weight is 346 g/mol. The fourth-order valence-electron chi connectivity index (χ4n) is 1.36. The minimum absolute atomic E-state index is 0.0509. The van der Waals surface area contributed by atoms with Crippen molar-refractivity contribution < 1.29 is 25.9 Å². The standard InChI is InChI=1S/2C6H7NO3S/c7-5-1-3-6(4-2-5)11(8,9)10;7-5-3-1-2-4-6(5)11(8,9)10/h2*1-4H,7H2,(H,8,9,10). The van der Waals surface area contributed by atoms with Crippen LogP contribution in [0.4, 0.5) is 11.4 Å². The van der Waals surface area contributed by atoms with Gasteiger partial charge in [0.25, 0.3) is 20.2 Å². The van der Waals surface area contributed by atoms with Gasteiger partial charge in [0.05, 0.1) is 10.6 Å². The summed E-state index contributed by atoms with van der Waals surface area (Å²) in [5.74, 6) is 0. The third-order valence-electron chi connectivity index (χ3n) is 2.37. The fraction of sp³-hybridized carbons (Fsp3) is 0. The van der Waals surface area contributed by atoms with Gasteiger partial charge in [-0.1, -0.05) is 12.1 Å². The van der Waals surface area contributed by atoms with Gasteiger partial charge in [-0.15, -0.1) is 0 Å². The molecule has 2 rings (SSSR count). The molecule has 0 aromatic heterocycles. The van der Waals surface area contributed by atoms with Gasteiger partial charge in [-0.25, -0.2) is 0 Å². The molecule has 0 aliphatic carbocycles. The summed E-state index contributed by atoms with van der Waals surface area (Å²) in [5.41, 5.74) is 11.1. The molecule has 8 nitrogen and oxygen atoms in total. The van der Waals surface area contributed by atoms with Crippen LogP contribution in [0.5, 0.6) is 0 Å². The van der Waals surface area contributed by atoms with Crippen molar-refractivity contribution in [3.8, 4) is 0 Å². The second kappa shape index (κ2) is 6.75. The van der Waals surface area contributed by atoms with Gasteiger partial charge in [0, 0.05) is 5.69 Å². The number of rotatable bonds is 2. The van der Waals surface area contributed by atoms with E-state index in [4.69, 9.17) is 20.6 Å². The van der Waals surface area contributed by atoms with E-state index in [-0.39, 0.29) is 15.5 Å². The van der Waals surface area contributed by atoms with Gasteiger partial charge in [0.15, 0.2) is 0 Å². The van der Waals surface area contributed by atoms with Crippen LogP contribution in [-0.4, -0.2) is 25.9 Å². The quantitative estimate of drug-likeness (QED) is 0.463. The van der Waals surface area contributed by atoms with E-state index < -0.39 is 20.2 Å². The lowest BCUT2D eigenvalue weighted by atomic mass is 10.3. The molecule has 6 N–H and O–H groups in total. The molecule has 0 aliphatic heterocycles. The highest BCUT2D eigenvalue weighted by atomic mass is 32.2. The van der Waals surface area contributed by atoms with Crippen LogP contribution in [0.1, 0.15) is 0 Å². The van der Waals surface area contributed by atoms with Crippen molar-refractivity contribution in [3.05, 3.63) is 48.5 Å². The van der Waals surface area contributed by atoms with Crippen molar-refractivity contribution in [1.82, 2.24) is 0 Å². The van der Waals surface area contributed by atoms with Crippen LogP contribution in [0, 0.1) is 0 Å². The third kappa shape index (κ3) is 5.33. The topological polar surface area (TPSA) is 161 Å². The van der Waals surface area contributed by atoms with E-state index in [2.05, 4.69) is 0 Å². The van der Waals surface area contributed by atoms with E-state index in [1.807, 2.05) is 0 Å². The summed E-state index contributed by atoms with van der Waals surface area (Å²) in [6.07, 6.45) is 0. The first-order valence-electron chi connectivity index (χ1n) is 5.67. The lowest BCUT2D eigenvalue weighted by Gasteiger charge is -1.98. The van der Waals surface area contributed by atoms with Crippen molar-refractivity contribution in [3.63, 3.8) is 0 Å².